The Bertz CT molecular complexity index is 171. The second-order valence-corrected chi connectivity index (χ2v) is 2.94. The van der Waals surface area contributed by atoms with Crippen LogP contribution in [0.4, 0.5) is 0 Å². The van der Waals surface area contributed by atoms with Gasteiger partial charge in [-0.2, -0.15) is 0 Å². The minimum Gasteiger partial charge on any atom is -0.355 e. The molecule has 0 radical (unpaired) electrons. The highest BCUT2D eigenvalue weighted by molar-refractivity contribution is 6.30. The van der Waals surface area contributed by atoms with Gasteiger partial charge >= 0.3 is 0 Å². The van der Waals surface area contributed by atoms with E-state index in [0.29, 0.717) is 6.54 Å². The summed E-state index contributed by atoms with van der Waals surface area (Å²) in [6.45, 7) is 3.91. The average molecular weight is 193 g/mol. The number of carbonyl (C=O) groups is 2. The van der Waals surface area contributed by atoms with Crippen LogP contribution in [-0.2, 0) is 9.59 Å². The molecule has 0 aromatic rings. The first kappa shape index (κ1) is 11.2. The van der Waals surface area contributed by atoms with Crippen molar-refractivity contribution in [2.24, 2.45) is 0 Å². The number of amides is 2. The Balaban J connectivity index is 3.54. The number of alkyl halides is 1. The van der Waals surface area contributed by atoms with Crippen molar-refractivity contribution in [3.05, 3.63) is 0 Å². The van der Waals surface area contributed by atoms with Crippen LogP contribution in [0.2, 0.25) is 0 Å². The van der Waals surface area contributed by atoms with Gasteiger partial charge in [0.2, 0.25) is 11.8 Å². The Morgan fingerprint density at radius 3 is 2.42 bits per heavy atom. The third-order valence-corrected chi connectivity index (χ3v) is 1.36. The fourth-order valence-corrected chi connectivity index (χ4v) is 0.645. The first-order chi connectivity index (χ1) is 5.57. The van der Waals surface area contributed by atoms with Gasteiger partial charge < -0.3 is 10.6 Å². The number of likely N-dealkylation sites (N-methyl/N-ethyl adjacent to an activating group) is 1. The van der Waals surface area contributed by atoms with E-state index in [1.54, 1.807) is 6.92 Å². The van der Waals surface area contributed by atoms with E-state index >= 15 is 0 Å². The van der Waals surface area contributed by atoms with Gasteiger partial charge in [0, 0.05) is 6.54 Å². The minimum atomic E-state index is -0.598. The van der Waals surface area contributed by atoms with E-state index in [1.165, 1.54) is 0 Å². The van der Waals surface area contributed by atoms with Crippen molar-refractivity contribution < 1.29 is 9.59 Å². The number of carbonyl (C=O) groups excluding carboxylic acids is 2. The van der Waals surface area contributed by atoms with Crippen molar-refractivity contribution in [3.8, 4) is 0 Å². The average Bonchev–Trinajstić information content (AvgIpc) is 2.00. The number of rotatable bonds is 4. The van der Waals surface area contributed by atoms with Crippen LogP contribution in [0.15, 0.2) is 0 Å². The first-order valence-corrected chi connectivity index (χ1v) is 4.20. The normalized spacial score (nSPS) is 11.9. The zero-order chi connectivity index (χ0) is 9.56. The summed E-state index contributed by atoms with van der Waals surface area (Å²) in [6, 6.07) is 0. The third kappa shape index (κ3) is 4.96. The van der Waals surface area contributed by atoms with Crippen LogP contribution < -0.4 is 10.6 Å². The zero-order valence-electron chi connectivity index (χ0n) is 7.19. The van der Waals surface area contributed by atoms with Gasteiger partial charge in [-0.15, -0.1) is 11.6 Å². The molecule has 0 aliphatic carbocycles. The number of hydrogen-bond donors (Lipinski definition) is 2. The molecular weight excluding hydrogens is 180 g/mol. The number of nitrogens with one attached hydrogen (secondary N) is 2. The molecule has 0 aliphatic rings. The maximum absolute atomic E-state index is 10.8. The van der Waals surface area contributed by atoms with Gasteiger partial charge in [0.15, 0.2) is 0 Å². The van der Waals surface area contributed by atoms with Gasteiger partial charge in [-0.05, 0) is 13.8 Å². The highest BCUT2D eigenvalue weighted by Gasteiger charge is 2.09. The molecule has 0 aliphatic heterocycles. The molecule has 2 N–H and O–H groups in total. The van der Waals surface area contributed by atoms with E-state index in [0.717, 1.165) is 0 Å². The van der Waals surface area contributed by atoms with Crippen molar-refractivity contribution in [2.45, 2.75) is 19.2 Å². The quantitative estimate of drug-likeness (QED) is 0.610. The first-order valence-electron chi connectivity index (χ1n) is 3.76. The molecule has 1 atom stereocenters. The molecule has 5 heteroatoms. The van der Waals surface area contributed by atoms with Crippen molar-refractivity contribution >= 4 is 23.4 Å². The number of halogens is 1. The molecule has 0 rings (SSSR count). The molecular formula is C7H13ClN2O2. The lowest BCUT2D eigenvalue weighted by Crippen LogP contribution is -2.39. The predicted molar refractivity (Wildman–Crippen MR) is 47.0 cm³/mol. The van der Waals surface area contributed by atoms with Crippen LogP contribution in [0.5, 0.6) is 0 Å². The van der Waals surface area contributed by atoms with Crippen LogP contribution in [0.1, 0.15) is 13.8 Å². The van der Waals surface area contributed by atoms with E-state index < -0.39 is 5.38 Å². The molecule has 4 nitrogen and oxygen atoms in total. The van der Waals surface area contributed by atoms with E-state index in [2.05, 4.69) is 10.6 Å². The molecule has 12 heavy (non-hydrogen) atoms. The molecule has 2 amide bonds. The van der Waals surface area contributed by atoms with Gasteiger partial charge in [-0.1, -0.05) is 0 Å². The van der Waals surface area contributed by atoms with Crippen molar-refractivity contribution in [1.29, 1.82) is 0 Å². The Morgan fingerprint density at radius 2 is 2.00 bits per heavy atom. The lowest BCUT2D eigenvalue weighted by Gasteiger charge is -2.05. The summed E-state index contributed by atoms with van der Waals surface area (Å²) in [6.07, 6.45) is 0. The zero-order valence-corrected chi connectivity index (χ0v) is 7.94. The third-order valence-electron chi connectivity index (χ3n) is 1.16. The van der Waals surface area contributed by atoms with Crippen molar-refractivity contribution in [3.63, 3.8) is 0 Å². The molecule has 0 aromatic carbocycles. The lowest BCUT2D eigenvalue weighted by molar-refractivity contribution is -0.125. The SMILES string of the molecule is CCNC(=O)CNC(=O)C(C)Cl. The topological polar surface area (TPSA) is 58.2 Å². The molecule has 0 saturated carbocycles. The molecule has 70 valence electrons. The second-order valence-electron chi connectivity index (χ2n) is 2.29. The van der Waals surface area contributed by atoms with Gasteiger partial charge in [0.05, 0.1) is 6.54 Å². The fourth-order valence-electron chi connectivity index (χ4n) is 0.568. The summed E-state index contributed by atoms with van der Waals surface area (Å²) in [5, 5.41) is 4.33. The lowest BCUT2D eigenvalue weighted by atomic mass is 10.4. The molecule has 0 aromatic heterocycles. The largest absolute Gasteiger partial charge is 0.355 e. The van der Waals surface area contributed by atoms with Gasteiger partial charge in [0.25, 0.3) is 0 Å². The Hall–Kier alpha value is -0.770. The minimum absolute atomic E-state index is 0.0102. The maximum Gasteiger partial charge on any atom is 0.239 e. The number of hydrogen-bond acceptors (Lipinski definition) is 2. The summed E-state index contributed by atoms with van der Waals surface area (Å²) in [7, 11) is 0. The molecule has 0 spiro atoms. The molecule has 0 bridgehead atoms. The summed E-state index contributed by atoms with van der Waals surface area (Å²) < 4.78 is 0. The van der Waals surface area contributed by atoms with Crippen LogP contribution in [0.3, 0.4) is 0 Å². The fraction of sp³-hybridized carbons (Fsp3) is 0.714. The van der Waals surface area contributed by atoms with Gasteiger partial charge in [-0.25, -0.2) is 0 Å². The van der Waals surface area contributed by atoms with Crippen molar-refractivity contribution in [2.75, 3.05) is 13.1 Å². The van der Waals surface area contributed by atoms with Crippen molar-refractivity contribution in [1.82, 2.24) is 10.6 Å². The second kappa shape index (κ2) is 5.83. The monoisotopic (exact) mass is 192 g/mol. The van der Waals surface area contributed by atoms with Crippen LogP contribution >= 0.6 is 11.6 Å². The standard InChI is InChI=1S/C7H13ClN2O2/c1-3-9-6(11)4-10-7(12)5(2)8/h5H,3-4H2,1-2H3,(H,9,11)(H,10,12). The Kier molecular flexibility index (Phi) is 5.45. The summed E-state index contributed by atoms with van der Waals surface area (Å²) in [5.74, 6) is -0.536. The molecule has 0 heterocycles. The maximum atomic E-state index is 10.8. The van der Waals surface area contributed by atoms with Gasteiger partial charge in [0.1, 0.15) is 5.38 Å². The van der Waals surface area contributed by atoms with E-state index in [-0.39, 0.29) is 18.4 Å². The Labute approximate surface area is 76.7 Å². The van der Waals surface area contributed by atoms with E-state index in [4.69, 9.17) is 11.6 Å². The molecule has 1 unspecified atom stereocenters. The van der Waals surface area contributed by atoms with Crippen LogP contribution in [0.25, 0.3) is 0 Å². The highest BCUT2D eigenvalue weighted by Crippen LogP contribution is 1.90. The summed E-state index contributed by atoms with van der Waals surface area (Å²) in [4.78, 5) is 21.6. The van der Waals surface area contributed by atoms with Crippen LogP contribution in [-0.4, -0.2) is 30.3 Å². The summed E-state index contributed by atoms with van der Waals surface area (Å²) >= 11 is 5.44. The highest BCUT2D eigenvalue weighted by atomic mass is 35.5. The van der Waals surface area contributed by atoms with Gasteiger partial charge in [-0.3, -0.25) is 9.59 Å². The molecule has 0 fully saturated rings. The predicted octanol–water partition coefficient (Wildman–Crippen LogP) is -0.134. The van der Waals surface area contributed by atoms with Crippen LogP contribution in [0, 0.1) is 0 Å². The smallest absolute Gasteiger partial charge is 0.239 e. The Morgan fingerprint density at radius 1 is 1.42 bits per heavy atom. The molecule has 0 saturated heterocycles. The van der Waals surface area contributed by atoms with E-state index in [1.807, 2.05) is 6.92 Å². The van der Waals surface area contributed by atoms with E-state index in [9.17, 15) is 9.59 Å². The summed E-state index contributed by atoms with van der Waals surface area (Å²) in [5.41, 5.74) is 0.